The van der Waals surface area contributed by atoms with Gasteiger partial charge >= 0.3 is 5.63 Å². The molecule has 1 aromatic heterocycles. The smallest absolute Gasteiger partial charge is 0.336 e. The lowest BCUT2D eigenvalue weighted by molar-refractivity contribution is -0.119. The highest BCUT2D eigenvalue weighted by molar-refractivity contribution is 5.94. The molecule has 0 aliphatic rings. The molecule has 2 rings (SSSR count). The van der Waals surface area contributed by atoms with Crippen LogP contribution in [0.25, 0.3) is 11.0 Å². The van der Waals surface area contributed by atoms with Crippen LogP contribution in [-0.2, 0) is 4.79 Å². The fourth-order valence-corrected chi connectivity index (χ4v) is 1.85. The second-order valence-electron chi connectivity index (χ2n) is 4.76. The number of fused-ring (bicyclic) bond motifs is 1. The first-order chi connectivity index (χ1) is 9.01. The Labute approximate surface area is 111 Å². The number of hydrogen-bond acceptors (Lipinski definition) is 3. The van der Waals surface area contributed by atoms with Gasteiger partial charge in [0.1, 0.15) is 5.58 Å². The van der Waals surface area contributed by atoms with Gasteiger partial charge in [-0.25, -0.2) is 4.79 Å². The summed E-state index contributed by atoms with van der Waals surface area (Å²) < 4.78 is 5.14. The van der Waals surface area contributed by atoms with Crippen LogP contribution in [0.1, 0.15) is 25.8 Å². The Balaban J connectivity index is 2.37. The molecule has 0 fully saturated rings. The molecule has 4 nitrogen and oxygen atoms in total. The van der Waals surface area contributed by atoms with Crippen molar-refractivity contribution in [2.45, 2.75) is 27.2 Å². The largest absolute Gasteiger partial charge is 0.423 e. The molecular formula is C15H17NO3. The fraction of sp³-hybridized carbons (Fsp3) is 0.333. The first-order valence-electron chi connectivity index (χ1n) is 6.36. The summed E-state index contributed by atoms with van der Waals surface area (Å²) in [5.74, 6) is -0.0722. The van der Waals surface area contributed by atoms with E-state index in [9.17, 15) is 9.59 Å². The van der Waals surface area contributed by atoms with Gasteiger partial charge in [0.05, 0.1) is 0 Å². The first kappa shape index (κ1) is 13.3. The molecule has 4 heteroatoms. The van der Waals surface area contributed by atoms with Crippen LogP contribution in [0.5, 0.6) is 0 Å². The lowest BCUT2D eigenvalue weighted by Gasteiger charge is -2.10. The number of carbonyl (C=O) groups excluding carboxylic acids is 1. The summed E-state index contributed by atoms with van der Waals surface area (Å²) in [6, 6.07) is 6.80. The van der Waals surface area contributed by atoms with Crippen LogP contribution in [0.3, 0.4) is 0 Å². The number of benzene rings is 1. The number of carbonyl (C=O) groups is 1. The molecule has 1 N–H and O–H groups in total. The Hall–Kier alpha value is -2.10. The lowest BCUT2D eigenvalue weighted by atomic mass is 10.1. The lowest BCUT2D eigenvalue weighted by Crippen LogP contribution is -2.19. The third-order valence-electron chi connectivity index (χ3n) is 3.28. The van der Waals surface area contributed by atoms with E-state index in [-0.39, 0.29) is 17.5 Å². The third kappa shape index (κ3) is 2.84. The average Bonchev–Trinajstić information content (AvgIpc) is 2.36. The van der Waals surface area contributed by atoms with Crippen LogP contribution < -0.4 is 10.9 Å². The van der Waals surface area contributed by atoms with Gasteiger partial charge in [-0.2, -0.15) is 0 Å². The maximum atomic E-state index is 11.8. The average molecular weight is 259 g/mol. The summed E-state index contributed by atoms with van der Waals surface area (Å²) in [6.07, 6.45) is 0.785. The third-order valence-corrected chi connectivity index (χ3v) is 3.28. The van der Waals surface area contributed by atoms with E-state index in [0.29, 0.717) is 11.3 Å². The molecule has 1 atom stereocenters. The van der Waals surface area contributed by atoms with Crippen LogP contribution in [-0.4, -0.2) is 5.91 Å². The zero-order valence-corrected chi connectivity index (χ0v) is 11.3. The van der Waals surface area contributed by atoms with E-state index in [1.54, 1.807) is 6.07 Å². The molecule has 1 heterocycles. The predicted octanol–water partition coefficient (Wildman–Crippen LogP) is 3.09. The van der Waals surface area contributed by atoms with Crippen molar-refractivity contribution >= 4 is 22.6 Å². The Bertz CT molecular complexity index is 673. The van der Waals surface area contributed by atoms with Crippen molar-refractivity contribution in [3.8, 4) is 0 Å². The Morgan fingerprint density at radius 1 is 1.37 bits per heavy atom. The van der Waals surface area contributed by atoms with Crippen LogP contribution >= 0.6 is 0 Å². The van der Waals surface area contributed by atoms with E-state index in [1.807, 2.05) is 32.9 Å². The molecule has 0 bridgehead atoms. The van der Waals surface area contributed by atoms with Crippen molar-refractivity contribution in [3.05, 3.63) is 40.2 Å². The summed E-state index contributed by atoms with van der Waals surface area (Å²) in [6.45, 7) is 5.70. The summed E-state index contributed by atoms with van der Waals surface area (Å²) in [5.41, 5.74) is 1.62. The van der Waals surface area contributed by atoms with E-state index in [2.05, 4.69) is 5.32 Å². The molecule has 1 unspecified atom stereocenters. The molecular weight excluding hydrogens is 242 g/mol. The fourth-order valence-electron chi connectivity index (χ4n) is 1.85. The second-order valence-corrected chi connectivity index (χ2v) is 4.76. The molecule has 1 aromatic carbocycles. The number of hydrogen-bond donors (Lipinski definition) is 1. The van der Waals surface area contributed by atoms with Gasteiger partial charge in [0, 0.05) is 29.1 Å². The highest BCUT2D eigenvalue weighted by atomic mass is 16.4. The maximum Gasteiger partial charge on any atom is 0.336 e. The Kier molecular flexibility index (Phi) is 3.69. The molecule has 0 aliphatic heterocycles. The summed E-state index contributed by atoms with van der Waals surface area (Å²) in [5, 5.41) is 3.70. The van der Waals surface area contributed by atoms with E-state index < -0.39 is 0 Å². The van der Waals surface area contributed by atoms with Gasteiger partial charge in [-0.05, 0) is 31.0 Å². The molecule has 100 valence electrons. The van der Waals surface area contributed by atoms with E-state index in [0.717, 1.165) is 17.4 Å². The van der Waals surface area contributed by atoms with Crippen molar-refractivity contribution < 1.29 is 9.21 Å². The molecule has 0 radical (unpaired) electrons. The monoisotopic (exact) mass is 259 g/mol. The molecule has 0 spiro atoms. The van der Waals surface area contributed by atoms with Gasteiger partial charge in [-0.3, -0.25) is 4.79 Å². The van der Waals surface area contributed by atoms with Gasteiger partial charge < -0.3 is 9.73 Å². The van der Waals surface area contributed by atoms with Crippen LogP contribution in [0, 0.1) is 12.8 Å². The second kappa shape index (κ2) is 5.26. The summed E-state index contributed by atoms with van der Waals surface area (Å²) in [4.78, 5) is 23.1. The SMILES string of the molecule is CCC(C)C(=O)Nc1ccc2c(C)cc(=O)oc2c1. The number of anilines is 1. The molecule has 1 amide bonds. The van der Waals surface area contributed by atoms with Gasteiger partial charge in [0.2, 0.25) is 5.91 Å². The highest BCUT2D eigenvalue weighted by Gasteiger charge is 2.11. The van der Waals surface area contributed by atoms with Crippen molar-refractivity contribution in [3.63, 3.8) is 0 Å². The van der Waals surface area contributed by atoms with Crippen LogP contribution in [0.2, 0.25) is 0 Å². The zero-order valence-electron chi connectivity index (χ0n) is 11.3. The minimum absolute atomic E-state index is 0.0307. The highest BCUT2D eigenvalue weighted by Crippen LogP contribution is 2.21. The van der Waals surface area contributed by atoms with E-state index >= 15 is 0 Å². The molecule has 0 saturated heterocycles. The summed E-state index contributed by atoms with van der Waals surface area (Å²) >= 11 is 0. The first-order valence-corrected chi connectivity index (χ1v) is 6.36. The van der Waals surface area contributed by atoms with Crippen LogP contribution in [0.4, 0.5) is 5.69 Å². The van der Waals surface area contributed by atoms with Gasteiger partial charge in [-0.1, -0.05) is 13.8 Å². The standard InChI is InChI=1S/C15H17NO3/c1-4-9(2)15(18)16-11-5-6-12-10(3)7-14(17)19-13(12)8-11/h5-9H,4H2,1-3H3,(H,16,18). The van der Waals surface area contributed by atoms with Crippen molar-refractivity contribution in [2.75, 3.05) is 5.32 Å². The Morgan fingerprint density at radius 3 is 2.79 bits per heavy atom. The molecule has 2 aromatic rings. The van der Waals surface area contributed by atoms with Crippen molar-refractivity contribution in [1.29, 1.82) is 0 Å². The quantitative estimate of drug-likeness (QED) is 0.862. The van der Waals surface area contributed by atoms with Crippen molar-refractivity contribution in [2.24, 2.45) is 5.92 Å². The number of rotatable bonds is 3. The zero-order chi connectivity index (χ0) is 14.0. The minimum Gasteiger partial charge on any atom is -0.423 e. The number of nitrogens with one attached hydrogen (secondary N) is 1. The van der Waals surface area contributed by atoms with Gasteiger partial charge in [0.15, 0.2) is 0 Å². The normalized spacial score (nSPS) is 12.4. The molecule has 19 heavy (non-hydrogen) atoms. The van der Waals surface area contributed by atoms with E-state index in [1.165, 1.54) is 6.07 Å². The van der Waals surface area contributed by atoms with E-state index in [4.69, 9.17) is 4.42 Å². The molecule has 0 aliphatic carbocycles. The maximum absolute atomic E-state index is 11.8. The summed E-state index contributed by atoms with van der Waals surface area (Å²) in [7, 11) is 0. The van der Waals surface area contributed by atoms with Gasteiger partial charge in [0.25, 0.3) is 0 Å². The molecule has 0 saturated carbocycles. The number of amides is 1. The minimum atomic E-state index is -0.379. The topological polar surface area (TPSA) is 59.3 Å². The van der Waals surface area contributed by atoms with Crippen LogP contribution in [0.15, 0.2) is 33.5 Å². The Morgan fingerprint density at radius 2 is 2.11 bits per heavy atom. The predicted molar refractivity (Wildman–Crippen MR) is 75.3 cm³/mol. The van der Waals surface area contributed by atoms with Gasteiger partial charge in [-0.15, -0.1) is 0 Å². The van der Waals surface area contributed by atoms with Crippen molar-refractivity contribution in [1.82, 2.24) is 0 Å². The number of aryl methyl sites for hydroxylation is 1.